The van der Waals surface area contributed by atoms with Crippen LogP contribution in [0.3, 0.4) is 0 Å². The number of nitrogens with zero attached hydrogens (tertiary/aromatic N) is 3. The van der Waals surface area contributed by atoms with E-state index in [1.165, 1.54) is 39.5 Å². The molecule has 0 saturated carbocycles. The first-order chi connectivity index (χ1) is 16.4. The molecule has 1 aliphatic rings. The van der Waals surface area contributed by atoms with Gasteiger partial charge in [0.2, 0.25) is 11.0 Å². The average Bonchev–Trinajstić information content (AvgIpc) is 3.36. The minimum absolute atomic E-state index is 0.0710. The monoisotopic (exact) mass is 530 g/mol. The minimum Gasteiger partial charge on any atom is -0.300 e. The zero-order valence-electron chi connectivity index (χ0n) is 18.0. The van der Waals surface area contributed by atoms with Crippen molar-refractivity contribution >= 4 is 74.4 Å². The van der Waals surface area contributed by atoms with Gasteiger partial charge in [-0.25, -0.2) is 4.39 Å². The normalized spacial score (nSPS) is 14.8. The van der Waals surface area contributed by atoms with Crippen molar-refractivity contribution in [1.82, 2.24) is 15.1 Å². The van der Waals surface area contributed by atoms with Crippen molar-refractivity contribution in [1.29, 1.82) is 0 Å². The molecular formula is C23H19FN4O2S4. The lowest BCUT2D eigenvalue weighted by Gasteiger charge is -2.13. The van der Waals surface area contributed by atoms with Crippen LogP contribution in [0.1, 0.15) is 23.1 Å². The maximum atomic E-state index is 13.1. The fourth-order valence-corrected chi connectivity index (χ4v) is 6.08. The van der Waals surface area contributed by atoms with Gasteiger partial charge in [0.05, 0.1) is 4.91 Å². The Bertz CT molecular complexity index is 1260. The van der Waals surface area contributed by atoms with Gasteiger partial charge in [-0.1, -0.05) is 89.0 Å². The van der Waals surface area contributed by atoms with Crippen LogP contribution >= 0.6 is 47.1 Å². The van der Waals surface area contributed by atoms with Crippen LogP contribution in [0, 0.1) is 12.7 Å². The third-order valence-electron chi connectivity index (χ3n) is 4.70. The Morgan fingerprint density at radius 1 is 1.24 bits per heavy atom. The quantitative estimate of drug-likeness (QED) is 0.178. The van der Waals surface area contributed by atoms with Gasteiger partial charge in [-0.05, 0) is 36.3 Å². The van der Waals surface area contributed by atoms with Crippen LogP contribution in [-0.4, -0.2) is 37.8 Å². The molecule has 0 aliphatic carbocycles. The number of benzene rings is 2. The molecular weight excluding hydrogens is 512 g/mol. The van der Waals surface area contributed by atoms with E-state index in [4.69, 9.17) is 12.2 Å². The number of aromatic nitrogens is 2. The van der Waals surface area contributed by atoms with Gasteiger partial charge in [0, 0.05) is 18.7 Å². The molecule has 2 aromatic carbocycles. The highest BCUT2D eigenvalue weighted by Gasteiger charge is 2.32. The second-order valence-electron chi connectivity index (χ2n) is 7.33. The van der Waals surface area contributed by atoms with Gasteiger partial charge in [0.15, 0.2) is 4.34 Å². The topological polar surface area (TPSA) is 75.2 Å². The molecule has 2 heterocycles. The van der Waals surface area contributed by atoms with Crippen LogP contribution in [0.2, 0.25) is 0 Å². The lowest BCUT2D eigenvalue weighted by atomic mass is 10.2. The third-order valence-corrected chi connectivity index (χ3v) is 8.12. The Kier molecular flexibility index (Phi) is 8.09. The maximum Gasteiger partial charge on any atom is 0.266 e. The van der Waals surface area contributed by atoms with Crippen LogP contribution in [0.4, 0.5) is 9.52 Å². The molecule has 1 fully saturated rings. The predicted molar refractivity (Wildman–Crippen MR) is 140 cm³/mol. The van der Waals surface area contributed by atoms with E-state index in [0.717, 1.165) is 21.9 Å². The lowest BCUT2D eigenvalue weighted by Crippen LogP contribution is -2.31. The van der Waals surface area contributed by atoms with Crippen molar-refractivity contribution in [3.63, 3.8) is 0 Å². The summed E-state index contributed by atoms with van der Waals surface area (Å²) in [5.74, 6) is -0.117. The Labute approximate surface area is 214 Å². The highest BCUT2D eigenvalue weighted by atomic mass is 32.2. The molecule has 34 heavy (non-hydrogen) atoms. The second-order valence-corrected chi connectivity index (χ2v) is 11.2. The maximum absolute atomic E-state index is 13.1. The summed E-state index contributed by atoms with van der Waals surface area (Å²) in [4.78, 5) is 26.9. The molecule has 3 aromatic rings. The Morgan fingerprint density at radius 2 is 2.03 bits per heavy atom. The van der Waals surface area contributed by atoms with Crippen molar-refractivity contribution in [2.45, 2.75) is 23.4 Å². The summed E-state index contributed by atoms with van der Waals surface area (Å²) in [6.45, 7) is 2.21. The van der Waals surface area contributed by atoms with E-state index in [-0.39, 0.29) is 30.6 Å². The van der Waals surface area contributed by atoms with Gasteiger partial charge in [-0.3, -0.25) is 14.5 Å². The first-order valence-electron chi connectivity index (χ1n) is 10.2. The van der Waals surface area contributed by atoms with E-state index in [0.29, 0.717) is 19.9 Å². The molecule has 0 bridgehead atoms. The predicted octanol–water partition coefficient (Wildman–Crippen LogP) is 5.51. The smallest absolute Gasteiger partial charge is 0.266 e. The van der Waals surface area contributed by atoms with Crippen molar-refractivity contribution in [2.75, 3.05) is 11.9 Å². The second kappa shape index (κ2) is 11.2. The first kappa shape index (κ1) is 24.5. The molecule has 4 rings (SSSR count). The molecule has 6 nitrogen and oxygen atoms in total. The summed E-state index contributed by atoms with van der Waals surface area (Å²) < 4.78 is 14.2. The fourth-order valence-electron chi connectivity index (χ4n) is 3.06. The molecule has 1 aromatic heterocycles. The van der Waals surface area contributed by atoms with E-state index in [1.807, 2.05) is 6.07 Å². The number of thioether (sulfide) groups is 2. The summed E-state index contributed by atoms with van der Waals surface area (Å²) in [6.07, 6.45) is 1.73. The SMILES string of the molecule is Cc1cccc(CSc2nnc(NC(=O)CCN3C(=O)/C(=C/c4ccc(F)cc4)SC3=S)s2)c1. The molecule has 1 saturated heterocycles. The summed E-state index contributed by atoms with van der Waals surface area (Å²) in [5, 5.41) is 11.3. The molecule has 1 N–H and O–H groups in total. The molecule has 0 radical (unpaired) electrons. The zero-order chi connectivity index (χ0) is 24.1. The minimum atomic E-state index is -0.344. The van der Waals surface area contributed by atoms with Crippen LogP contribution in [0.5, 0.6) is 0 Å². The van der Waals surface area contributed by atoms with Crippen molar-refractivity contribution in [2.24, 2.45) is 0 Å². The highest BCUT2D eigenvalue weighted by Crippen LogP contribution is 2.33. The molecule has 0 atom stereocenters. The van der Waals surface area contributed by atoms with Gasteiger partial charge in [0.25, 0.3) is 5.91 Å². The molecule has 11 heteroatoms. The van der Waals surface area contributed by atoms with Crippen LogP contribution < -0.4 is 5.32 Å². The van der Waals surface area contributed by atoms with Gasteiger partial charge in [0.1, 0.15) is 10.1 Å². The van der Waals surface area contributed by atoms with E-state index >= 15 is 0 Å². The number of carbonyl (C=O) groups is 2. The van der Waals surface area contributed by atoms with Gasteiger partial charge >= 0.3 is 0 Å². The number of rotatable bonds is 8. The van der Waals surface area contributed by atoms with Gasteiger partial charge < -0.3 is 5.32 Å². The lowest BCUT2D eigenvalue weighted by molar-refractivity contribution is -0.122. The van der Waals surface area contributed by atoms with Crippen molar-refractivity contribution < 1.29 is 14.0 Å². The molecule has 2 amide bonds. The number of carbonyl (C=O) groups excluding carboxylic acids is 2. The first-order valence-corrected chi connectivity index (χ1v) is 13.2. The Hall–Kier alpha value is -2.60. The number of amides is 2. The van der Waals surface area contributed by atoms with E-state index in [1.54, 1.807) is 30.0 Å². The number of anilines is 1. The average molecular weight is 531 g/mol. The zero-order valence-corrected chi connectivity index (χ0v) is 21.3. The molecule has 1 aliphatic heterocycles. The summed E-state index contributed by atoms with van der Waals surface area (Å²) >= 11 is 9.34. The standard InChI is InChI=1S/C23H19FN4O2S4/c1-14-3-2-4-16(11-14)13-32-22-27-26-21(34-22)25-19(29)9-10-28-20(30)18(33-23(28)31)12-15-5-7-17(24)8-6-15/h2-8,11-12H,9-10,13H2,1H3,(H,25,26,29)/b18-12-. The van der Waals surface area contributed by atoms with E-state index < -0.39 is 0 Å². The largest absolute Gasteiger partial charge is 0.300 e. The molecule has 0 spiro atoms. The number of hydrogen-bond acceptors (Lipinski definition) is 8. The number of aryl methyl sites for hydroxylation is 1. The van der Waals surface area contributed by atoms with Crippen molar-refractivity contribution in [3.8, 4) is 0 Å². The molecule has 0 unspecified atom stereocenters. The van der Waals surface area contributed by atoms with Gasteiger partial charge in [-0.2, -0.15) is 0 Å². The summed E-state index contributed by atoms with van der Waals surface area (Å²) in [7, 11) is 0. The summed E-state index contributed by atoms with van der Waals surface area (Å²) in [6, 6.07) is 14.1. The Morgan fingerprint density at radius 3 is 2.79 bits per heavy atom. The number of nitrogens with one attached hydrogen (secondary N) is 1. The van der Waals surface area contributed by atoms with Crippen LogP contribution in [-0.2, 0) is 15.3 Å². The highest BCUT2D eigenvalue weighted by molar-refractivity contribution is 8.26. The van der Waals surface area contributed by atoms with Gasteiger partial charge in [-0.15, -0.1) is 10.2 Å². The van der Waals surface area contributed by atoms with Crippen molar-refractivity contribution in [3.05, 3.63) is 75.9 Å². The van der Waals surface area contributed by atoms with E-state index in [9.17, 15) is 14.0 Å². The van der Waals surface area contributed by atoms with Crippen LogP contribution in [0.25, 0.3) is 6.08 Å². The van der Waals surface area contributed by atoms with Crippen LogP contribution in [0.15, 0.2) is 57.8 Å². The summed E-state index contributed by atoms with van der Waals surface area (Å²) in [5.41, 5.74) is 3.10. The fraction of sp³-hybridized carbons (Fsp3) is 0.174. The molecule has 174 valence electrons. The number of hydrogen-bond donors (Lipinski definition) is 1. The Balaban J connectivity index is 1.27. The number of thiocarbonyl (C=S) groups is 1. The van der Waals surface area contributed by atoms with E-state index in [2.05, 4.69) is 40.6 Å². The third kappa shape index (κ3) is 6.50. The number of halogens is 1.